The molecule has 2 rings (SSSR count). The van der Waals surface area contributed by atoms with Crippen LogP contribution in [0.1, 0.15) is 45.6 Å². The Labute approximate surface area is 135 Å². The van der Waals surface area contributed by atoms with Crippen LogP contribution in [0, 0.1) is 0 Å². The molecule has 22 heavy (non-hydrogen) atoms. The first-order valence-corrected chi connectivity index (χ1v) is 9.83. The molecule has 0 aromatic heterocycles. The Kier molecular flexibility index (Phi) is 4.87. The van der Waals surface area contributed by atoms with Gasteiger partial charge >= 0.3 is 0 Å². The van der Waals surface area contributed by atoms with Gasteiger partial charge in [0.2, 0.25) is 10.0 Å². The molecule has 124 valence electrons. The zero-order chi connectivity index (χ0) is 16.5. The summed E-state index contributed by atoms with van der Waals surface area (Å²) in [4.78, 5) is 2.37. The number of hydrogen-bond donors (Lipinski definition) is 0. The number of rotatable bonds is 5. The molecule has 4 nitrogen and oxygen atoms in total. The third-order valence-corrected chi connectivity index (χ3v) is 6.07. The van der Waals surface area contributed by atoms with Crippen LogP contribution in [0.2, 0.25) is 0 Å². The van der Waals surface area contributed by atoms with Crippen molar-refractivity contribution in [3.05, 3.63) is 29.8 Å². The predicted molar refractivity (Wildman–Crippen MR) is 93.0 cm³/mol. The normalized spacial score (nSPS) is 21.0. The lowest BCUT2D eigenvalue weighted by atomic mass is 9.80. The first kappa shape index (κ1) is 17.3. The van der Waals surface area contributed by atoms with Crippen LogP contribution in [0.5, 0.6) is 0 Å². The van der Waals surface area contributed by atoms with Crippen molar-refractivity contribution in [1.82, 2.24) is 4.31 Å². The van der Waals surface area contributed by atoms with Crippen molar-refractivity contribution >= 4 is 15.7 Å². The van der Waals surface area contributed by atoms with Gasteiger partial charge in [0, 0.05) is 30.9 Å². The molecule has 1 atom stereocenters. The summed E-state index contributed by atoms with van der Waals surface area (Å²) < 4.78 is 25.1. The molecule has 1 aromatic carbocycles. The summed E-state index contributed by atoms with van der Waals surface area (Å²) >= 11 is 0. The topological polar surface area (TPSA) is 40.6 Å². The van der Waals surface area contributed by atoms with E-state index >= 15 is 0 Å². The average molecular weight is 324 g/mol. The molecule has 1 heterocycles. The molecule has 0 saturated carbocycles. The van der Waals surface area contributed by atoms with E-state index in [0.29, 0.717) is 19.0 Å². The third-order valence-electron chi connectivity index (χ3n) is 4.69. The van der Waals surface area contributed by atoms with Gasteiger partial charge in [-0.2, -0.15) is 0 Å². The second-order valence-corrected chi connectivity index (χ2v) is 8.87. The lowest BCUT2D eigenvalue weighted by Crippen LogP contribution is -2.51. The highest BCUT2D eigenvalue weighted by Crippen LogP contribution is 2.42. The van der Waals surface area contributed by atoms with Gasteiger partial charge in [-0.15, -0.1) is 0 Å². The predicted octanol–water partition coefficient (Wildman–Crippen LogP) is 3.06. The van der Waals surface area contributed by atoms with Crippen molar-refractivity contribution in [3.8, 4) is 0 Å². The maximum atomic E-state index is 11.8. The van der Waals surface area contributed by atoms with E-state index in [4.69, 9.17) is 0 Å². The molecule has 1 unspecified atom stereocenters. The third kappa shape index (κ3) is 3.46. The van der Waals surface area contributed by atoms with Crippen LogP contribution < -0.4 is 4.90 Å². The molecule has 0 bridgehead atoms. The van der Waals surface area contributed by atoms with E-state index in [1.54, 1.807) is 4.31 Å². The van der Waals surface area contributed by atoms with Gasteiger partial charge in [0.15, 0.2) is 0 Å². The lowest BCUT2D eigenvalue weighted by Gasteiger charge is -2.48. The molecule has 0 N–H and O–H groups in total. The lowest BCUT2D eigenvalue weighted by molar-refractivity contribution is 0.354. The van der Waals surface area contributed by atoms with Crippen LogP contribution in [0.4, 0.5) is 5.69 Å². The molecule has 0 aliphatic carbocycles. The van der Waals surface area contributed by atoms with Crippen molar-refractivity contribution in [2.24, 2.45) is 0 Å². The average Bonchev–Trinajstić information content (AvgIpc) is 2.40. The Morgan fingerprint density at radius 3 is 2.55 bits per heavy atom. The molecule has 5 heteroatoms. The second-order valence-electron chi connectivity index (χ2n) is 6.88. The van der Waals surface area contributed by atoms with Crippen LogP contribution in [-0.2, 0) is 10.0 Å². The molecule has 0 saturated heterocycles. The van der Waals surface area contributed by atoms with E-state index in [9.17, 15) is 8.42 Å². The maximum absolute atomic E-state index is 11.8. The van der Waals surface area contributed by atoms with Gasteiger partial charge in [0.1, 0.15) is 0 Å². The van der Waals surface area contributed by atoms with Crippen LogP contribution in [0.25, 0.3) is 0 Å². The Bertz CT molecular complexity index is 625. The van der Waals surface area contributed by atoms with Gasteiger partial charge in [-0.3, -0.25) is 0 Å². The summed E-state index contributed by atoms with van der Waals surface area (Å²) in [6.07, 6.45) is 2.36. The zero-order valence-corrected chi connectivity index (χ0v) is 15.2. The van der Waals surface area contributed by atoms with Gasteiger partial charge in [-0.1, -0.05) is 32.0 Å². The Balaban J connectivity index is 2.27. The summed E-state index contributed by atoms with van der Waals surface area (Å²) in [5.41, 5.74) is 2.64. The van der Waals surface area contributed by atoms with Crippen molar-refractivity contribution in [1.29, 1.82) is 0 Å². The highest BCUT2D eigenvalue weighted by Gasteiger charge is 2.36. The van der Waals surface area contributed by atoms with Gasteiger partial charge < -0.3 is 4.90 Å². The summed E-state index contributed by atoms with van der Waals surface area (Å²) in [5.74, 6) is 0.527. The van der Waals surface area contributed by atoms with E-state index in [-0.39, 0.29) is 5.54 Å². The minimum Gasteiger partial charge on any atom is -0.365 e. The number of anilines is 1. The molecule has 1 aliphatic heterocycles. The van der Waals surface area contributed by atoms with E-state index in [1.165, 1.54) is 17.5 Å². The Hall–Kier alpha value is -1.07. The first-order valence-electron chi connectivity index (χ1n) is 7.98. The van der Waals surface area contributed by atoms with Crippen LogP contribution in [0.3, 0.4) is 0 Å². The minimum absolute atomic E-state index is 0.0324. The fourth-order valence-corrected chi connectivity index (χ4v) is 4.52. The van der Waals surface area contributed by atoms with E-state index in [2.05, 4.69) is 49.9 Å². The molecule has 1 aromatic rings. The standard InChI is InChI=1S/C17H28N2O2S/c1-6-18(22(5,20)21)11-12-19-16-10-8-7-9-15(16)14(2)13-17(19,3)4/h7-10,14H,6,11-13H2,1-5H3. The molecular weight excluding hydrogens is 296 g/mol. The van der Waals surface area contributed by atoms with Gasteiger partial charge in [0.25, 0.3) is 0 Å². The largest absolute Gasteiger partial charge is 0.365 e. The summed E-state index contributed by atoms with van der Waals surface area (Å²) in [6, 6.07) is 8.49. The van der Waals surface area contributed by atoms with Crippen LogP contribution in [0.15, 0.2) is 24.3 Å². The second kappa shape index (κ2) is 6.20. The molecular formula is C17H28N2O2S. The van der Waals surface area contributed by atoms with Crippen molar-refractivity contribution in [3.63, 3.8) is 0 Å². The van der Waals surface area contributed by atoms with Crippen molar-refractivity contribution in [2.75, 3.05) is 30.8 Å². The van der Waals surface area contributed by atoms with Gasteiger partial charge in [0.05, 0.1) is 6.26 Å². The number of fused-ring (bicyclic) bond motifs is 1. The molecule has 0 spiro atoms. The fraction of sp³-hybridized carbons (Fsp3) is 0.647. The summed E-state index contributed by atoms with van der Waals surface area (Å²) in [7, 11) is -3.13. The number of benzene rings is 1. The van der Waals surface area contributed by atoms with Crippen LogP contribution >= 0.6 is 0 Å². The van der Waals surface area contributed by atoms with Gasteiger partial charge in [-0.25, -0.2) is 12.7 Å². The number of nitrogens with zero attached hydrogens (tertiary/aromatic N) is 2. The first-order chi connectivity index (χ1) is 10.2. The molecule has 0 radical (unpaired) electrons. The molecule has 1 aliphatic rings. The maximum Gasteiger partial charge on any atom is 0.211 e. The molecule has 0 fully saturated rings. The highest BCUT2D eigenvalue weighted by atomic mass is 32.2. The SMILES string of the molecule is CCN(CCN1c2ccccc2C(C)CC1(C)C)S(C)(=O)=O. The Morgan fingerprint density at radius 2 is 1.95 bits per heavy atom. The number of para-hydroxylation sites is 1. The minimum atomic E-state index is -3.13. The Morgan fingerprint density at radius 1 is 1.32 bits per heavy atom. The van der Waals surface area contributed by atoms with E-state index in [1.807, 2.05) is 6.92 Å². The number of hydrogen-bond acceptors (Lipinski definition) is 3. The number of likely N-dealkylation sites (N-methyl/N-ethyl adjacent to an activating group) is 1. The van der Waals surface area contributed by atoms with Gasteiger partial charge in [-0.05, 0) is 37.8 Å². The number of sulfonamides is 1. The smallest absolute Gasteiger partial charge is 0.211 e. The van der Waals surface area contributed by atoms with Crippen LogP contribution in [-0.4, -0.2) is 44.2 Å². The highest BCUT2D eigenvalue weighted by molar-refractivity contribution is 7.88. The van der Waals surface area contributed by atoms with E-state index < -0.39 is 10.0 Å². The fourth-order valence-electron chi connectivity index (χ4n) is 3.64. The van der Waals surface area contributed by atoms with Crippen molar-refractivity contribution < 1.29 is 8.42 Å². The van der Waals surface area contributed by atoms with Crippen molar-refractivity contribution in [2.45, 2.75) is 45.6 Å². The molecule has 0 amide bonds. The van der Waals surface area contributed by atoms with E-state index in [0.717, 1.165) is 13.0 Å². The summed E-state index contributed by atoms with van der Waals surface area (Å²) in [6.45, 7) is 10.4. The zero-order valence-electron chi connectivity index (χ0n) is 14.3. The summed E-state index contributed by atoms with van der Waals surface area (Å²) in [5, 5.41) is 0. The quantitative estimate of drug-likeness (QED) is 0.836. The monoisotopic (exact) mass is 324 g/mol.